The Balaban J connectivity index is 1.54. The number of hydrogen-bond donors (Lipinski definition) is 1. The molecule has 9 nitrogen and oxygen atoms in total. The van der Waals surface area contributed by atoms with Gasteiger partial charge < -0.3 is 20.1 Å². The zero-order chi connectivity index (χ0) is 22.6. The molecule has 0 saturated heterocycles. The van der Waals surface area contributed by atoms with Gasteiger partial charge in [0.05, 0.1) is 30.1 Å². The number of benzene rings is 1. The smallest absolute Gasteiger partial charge is 0.489 e. The molecule has 4 aromatic rings. The number of carbonyl (C=O) groups is 1. The van der Waals surface area contributed by atoms with E-state index < -0.39 is 18.0 Å². The van der Waals surface area contributed by atoms with E-state index in [1.54, 1.807) is 23.6 Å². The van der Waals surface area contributed by atoms with E-state index in [0.29, 0.717) is 28.1 Å². The number of carbonyl (C=O) groups excluding carboxylic acids is 1. The summed E-state index contributed by atoms with van der Waals surface area (Å²) in [5, 5.41) is 0. The summed E-state index contributed by atoms with van der Waals surface area (Å²) >= 11 is 0. The third-order valence-electron chi connectivity index (χ3n) is 5.04. The molecule has 0 fully saturated rings. The average molecular weight is 444 g/mol. The molecule has 12 heteroatoms. The minimum absolute atomic E-state index is 0.102. The van der Waals surface area contributed by atoms with E-state index in [1.165, 1.54) is 17.2 Å². The molecule has 1 aliphatic rings. The number of nitrogens with zero attached hydrogens (tertiary/aromatic N) is 5. The summed E-state index contributed by atoms with van der Waals surface area (Å²) in [6.07, 6.45) is -1.79. The molecule has 0 bridgehead atoms. The van der Waals surface area contributed by atoms with Gasteiger partial charge in [-0.1, -0.05) is 0 Å². The number of aromatic nitrogens is 4. The number of amides is 1. The maximum Gasteiger partial charge on any atom is 0.573 e. The number of rotatable bonds is 2. The Hall–Kier alpha value is -4.09. The van der Waals surface area contributed by atoms with Gasteiger partial charge in [-0.3, -0.25) is 9.20 Å². The summed E-state index contributed by atoms with van der Waals surface area (Å²) in [5.74, 6) is 0.185. The molecule has 5 rings (SSSR count). The first kappa shape index (κ1) is 19.8. The predicted molar refractivity (Wildman–Crippen MR) is 108 cm³/mol. The minimum Gasteiger partial charge on any atom is -0.489 e. The average Bonchev–Trinajstić information content (AvgIpc) is 3.14. The van der Waals surface area contributed by atoms with Crippen LogP contribution in [0.5, 0.6) is 11.5 Å². The van der Waals surface area contributed by atoms with Crippen LogP contribution in [0.4, 0.5) is 24.7 Å². The molecule has 0 atom stereocenters. The van der Waals surface area contributed by atoms with Gasteiger partial charge in [-0.25, -0.2) is 15.0 Å². The maximum atomic E-state index is 13.3. The fourth-order valence-electron chi connectivity index (χ4n) is 3.68. The van der Waals surface area contributed by atoms with Gasteiger partial charge in [0, 0.05) is 6.07 Å². The van der Waals surface area contributed by atoms with Crippen LogP contribution in [-0.2, 0) is 0 Å². The number of aryl methyl sites for hydroxylation is 1. The Morgan fingerprint density at radius 2 is 2.00 bits per heavy atom. The summed E-state index contributed by atoms with van der Waals surface area (Å²) in [7, 11) is 0. The SMILES string of the molecule is Cc1ncc2c(N)nc3cnc(C(=O)N4CCOc5cc(OC(F)(F)F)ccc54)cc3n12. The van der Waals surface area contributed by atoms with Crippen LogP contribution in [0.15, 0.2) is 36.7 Å². The van der Waals surface area contributed by atoms with Crippen LogP contribution in [0.3, 0.4) is 0 Å². The number of alkyl halides is 3. The van der Waals surface area contributed by atoms with Crippen LogP contribution >= 0.6 is 0 Å². The second-order valence-electron chi connectivity index (χ2n) is 7.06. The van der Waals surface area contributed by atoms with Gasteiger partial charge in [0.15, 0.2) is 0 Å². The van der Waals surface area contributed by atoms with Gasteiger partial charge in [0.1, 0.15) is 46.5 Å². The Labute approximate surface area is 178 Å². The van der Waals surface area contributed by atoms with Crippen molar-refractivity contribution < 1.29 is 27.4 Å². The van der Waals surface area contributed by atoms with E-state index in [4.69, 9.17) is 10.5 Å². The number of pyridine rings is 1. The summed E-state index contributed by atoms with van der Waals surface area (Å²) in [6, 6.07) is 5.15. The third-order valence-corrected chi connectivity index (χ3v) is 5.04. The fraction of sp³-hybridized carbons (Fsp3) is 0.200. The van der Waals surface area contributed by atoms with Crippen molar-refractivity contribution in [1.29, 1.82) is 0 Å². The second kappa shape index (κ2) is 6.97. The van der Waals surface area contributed by atoms with Crippen LogP contribution in [-0.4, -0.2) is 44.8 Å². The largest absolute Gasteiger partial charge is 0.573 e. The highest BCUT2D eigenvalue weighted by Crippen LogP contribution is 2.37. The van der Waals surface area contributed by atoms with Crippen molar-refractivity contribution in [3.05, 3.63) is 48.2 Å². The van der Waals surface area contributed by atoms with Gasteiger partial charge in [-0.2, -0.15) is 0 Å². The molecule has 32 heavy (non-hydrogen) atoms. The zero-order valence-electron chi connectivity index (χ0n) is 16.6. The van der Waals surface area contributed by atoms with Crippen molar-refractivity contribution in [2.24, 2.45) is 0 Å². The Morgan fingerprint density at radius 3 is 2.78 bits per heavy atom. The van der Waals surface area contributed by atoms with Crippen LogP contribution in [0.2, 0.25) is 0 Å². The highest BCUT2D eigenvalue weighted by atomic mass is 19.4. The molecular weight excluding hydrogens is 429 g/mol. The van der Waals surface area contributed by atoms with Crippen molar-refractivity contribution in [3.63, 3.8) is 0 Å². The summed E-state index contributed by atoms with van der Waals surface area (Å²) in [6.45, 7) is 2.10. The van der Waals surface area contributed by atoms with Crippen molar-refractivity contribution in [2.45, 2.75) is 13.3 Å². The molecule has 0 radical (unpaired) electrons. The van der Waals surface area contributed by atoms with E-state index in [0.717, 1.165) is 12.1 Å². The Bertz CT molecular complexity index is 1380. The van der Waals surface area contributed by atoms with Crippen LogP contribution in [0.1, 0.15) is 16.3 Å². The van der Waals surface area contributed by atoms with E-state index in [9.17, 15) is 18.0 Å². The number of halogens is 3. The molecule has 0 unspecified atom stereocenters. The van der Waals surface area contributed by atoms with Gasteiger partial charge in [0.25, 0.3) is 5.91 Å². The fourth-order valence-corrected chi connectivity index (χ4v) is 3.68. The summed E-state index contributed by atoms with van der Waals surface area (Å²) in [4.78, 5) is 27.5. The van der Waals surface area contributed by atoms with Gasteiger partial charge >= 0.3 is 6.36 Å². The topological polar surface area (TPSA) is 108 Å². The van der Waals surface area contributed by atoms with Crippen molar-refractivity contribution in [1.82, 2.24) is 19.4 Å². The lowest BCUT2D eigenvalue weighted by Gasteiger charge is -2.29. The van der Waals surface area contributed by atoms with Crippen molar-refractivity contribution in [2.75, 3.05) is 23.8 Å². The zero-order valence-corrected chi connectivity index (χ0v) is 16.6. The first-order valence-corrected chi connectivity index (χ1v) is 9.45. The second-order valence-corrected chi connectivity index (χ2v) is 7.06. The van der Waals surface area contributed by atoms with E-state index in [2.05, 4.69) is 19.7 Å². The lowest BCUT2D eigenvalue weighted by molar-refractivity contribution is -0.274. The molecule has 0 saturated carbocycles. The van der Waals surface area contributed by atoms with Crippen molar-refractivity contribution in [3.8, 4) is 11.5 Å². The quantitative estimate of drug-likeness (QED) is 0.506. The molecule has 0 spiro atoms. The lowest BCUT2D eigenvalue weighted by Crippen LogP contribution is -2.38. The van der Waals surface area contributed by atoms with Crippen molar-refractivity contribution >= 4 is 34.0 Å². The molecular formula is C20H15F3N6O3. The number of fused-ring (bicyclic) bond motifs is 4. The van der Waals surface area contributed by atoms with Crippen LogP contribution in [0.25, 0.3) is 16.6 Å². The molecule has 2 N–H and O–H groups in total. The first-order chi connectivity index (χ1) is 15.2. The van der Waals surface area contributed by atoms with Gasteiger partial charge in [0.2, 0.25) is 0 Å². The summed E-state index contributed by atoms with van der Waals surface area (Å²) < 4.78 is 48.7. The number of anilines is 2. The molecule has 1 aliphatic heterocycles. The van der Waals surface area contributed by atoms with E-state index in [1.807, 2.05) is 0 Å². The predicted octanol–water partition coefficient (Wildman–Crippen LogP) is 3.11. The van der Waals surface area contributed by atoms with E-state index >= 15 is 0 Å². The highest BCUT2D eigenvalue weighted by molar-refractivity contribution is 6.07. The van der Waals surface area contributed by atoms with Gasteiger partial charge in [-0.05, 0) is 25.1 Å². The minimum atomic E-state index is -4.83. The first-order valence-electron chi connectivity index (χ1n) is 9.45. The normalized spacial score (nSPS) is 13.8. The number of imidazole rings is 1. The molecule has 1 aromatic carbocycles. The number of hydrogen-bond acceptors (Lipinski definition) is 7. The maximum absolute atomic E-state index is 13.3. The Kier molecular flexibility index (Phi) is 4.32. The molecule has 0 aliphatic carbocycles. The molecule has 4 heterocycles. The molecule has 1 amide bonds. The number of nitrogen functional groups attached to an aromatic ring is 1. The monoisotopic (exact) mass is 444 g/mol. The Morgan fingerprint density at radius 1 is 1.19 bits per heavy atom. The molecule has 3 aromatic heterocycles. The van der Waals surface area contributed by atoms with Gasteiger partial charge in [-0.15, -0.1) is 13.2 Å². The van der Waals surface area contributed by atoms with Crippen LogP contribution < -0.4 is 20.1 Å². The highest BCUT2D eigenvalue weighted by Gasteiger charge is 2.32. The summed E-state index contributed by atoms with van der Waals surface area (Å²) in [5.41, 5.74) is 8.12. The third kappa shape index (κ3) is 3.29. The van der Waals surface area contributed by atoms with E-state index in [-0.39, 0.29) is 30.4 Å². The number of ether oxygens (including phenoxy) is 2. The standard InChI is InChI=1S/C20H15F3N6O3/c1-10-25-9-16-18(24)27-13-8-26-12(7-15(13)29(10)16)19(30)28-4-5-31-17-6-11(2-3-14(17)28)32-20(21,22)23/h2-3,6-9H,4-5H2,1H3,(H2,24,27). The number of nitrogens with two attached hydrogens (primary N) is 1. The molecule has 164 valence electrons. The lowest BCUT2D eigenvalue weighted by atomic mass is 10.2. The van der Waals surface area contributed by atoms with Crippen LogP contribution in [0, 0.1) is 6.92 Å².